The van der Waals surface area contributed by atoms with E-state index in [1.807, 2.05) is 6.92 Å². The van der Waals surface area contributed by atoms with Crippen LogP contribution in [0, 0.1) is 0 Å². The first kappa shape index (κ1) is 12.0. The molecule has 0 radical (unpaired) electrons. The third-order valence-electron chi connectivity index (χ3n) is 1.99. The first-order chi connectivity index (χ1) is 6.87. The molecule has 0 heterocycles. The van der Waals surface area contributed by atoms with Crippen molar-refractivity contribution in [3.63, 3.8) is 0 Å². The zero-order valence-electron chi connectivity index (χ0n) is 8.51. The van der Waals surface area contributed by atoms with E-state index in [9.17, 15) is 13.2 Å². The van der Waals surface area contributed by atoms with Gasteiger partial charge in [-0.15, -0.1) is 0 Å². The fraction of sp³-hybridized carbons (Fsp3) is 0.455. The predicted molar refractivity (Wildman–Crippen MR) is 53.6 cm³/mol. The average molecular weight is 217 g/mol. The summed E-state index contributed by atoms with van der Waals surface area (Å²) in [6, 6.07) is 6.43. The third kappa shape index (κ3) is 4.83. The summed E-state index contributed by atoms with van der Waals surface area (Å²) < 4.78 is 36.1. The highest BCUT2D eigenvalue weighted by molar-refractivity contribution is 5.23. The topological polar surface area (TPSA) is 26.0 Å². The summed E-state index contributed by atoms with van der Waals surface area (Å²) in [5, 5.41) is 0. The Morgan fingerprint density at radius 1 is 1.13 bits per heavy atom. The number of alkyl halides is 3. The van der Waals surface area contributed by atoms with Crippen molar-refractivity contribution in [2.75, 3.05) is 0 Å². The van der Waals surface area contributed by atoms with Gasteiger partial charge in [-0.05, 0) is 24.5 Å². The minimum Gasteiger partial charge on any atom is -0.328 e. The highest BCUT2D eigenvalue weighted by Crippen LogP contribution is 2.21. The molecule has 1 aromatic carbocycles. The highest BCUT2D eigenvalue weighted by atomic mass is 19.4. The van der Waals surface area contributed by atoms with E-state index in [-0.39, 0.29) is 11.6 Å². The quantitative estimate of drug-likeness (QED) is 0.827. The lowest BCUT2D eigenvalue weighted by Gasteiger charge is -2.08. The van der Waals surface area contributed by atoms with Gasteiger partial charge in [-0.2, -0.15) is 13.2 Å². The Morgan fingerprint density at radius 2 is 1.60 bits per heavy atom. The second-order valence-corrected chi connectivity index (χ2v) is 3.79. The Morgan fingerprint density at radius 3 is 2.00 bits per heavy atom. The first-order valence-corrected chi connectivity index (χ1v) is 4.77. The standard InChI is InChI=1S/C11H14F3N/c1-8(15)6-9-2-4-10(5-3-9)7-11(12,13)14/h2-5,8H,6-7,15H2,1H3. The number of rotatable bonds is 3. The molecule has 0 aliphatic rings. The Hall–Kier alpha value is -1.03. The van der Waals surface area contributed by atoms with Crippen molar-refractivity contribution in [1.82, 2.24) is 0 Å². The molecule has 84 valence electrons. The minimum atomic E-state index is -4.14. The molecule has 0 aliphatic heterocycles. The Bertz CT molecular complexity index is 301. The Kier molecular flexibility index (Phi) is 3.74. The van der Waals surface area contributed by atoms with E-state index in [4.69, 9.17) is 5.73 Å². The van der Waals surface area contributed by atoms with Gasteiger partial charge in [-0.1, -0.05) is 24.3 Å². The van der Waals surface area contributed by atoms with Gasteiger partial charge in [0.05, 0.1) is 6.42 Å². The van der Waals surface area contributed by atoms with Crippen molar-refractivity contribution in [3.8, 4) is 0 Å². The molecule has 1 unspecified atom stereocenters. The molecule has 0 spiro atoms. The van der Waals surface area contributed by atoms with Crippen molar-refractivity contribution >= 4 is 0 Å². The molecule has 1 nitrogen and oxygen atoms in total. The molecule has 0 saturated heterocycles. The predicted octanol–water partition coefficient (Wildman–Crippen LogP) is 2.68. The monoisotopic (exact) mass is 217 g/mol. The molecule has 0 fully saturated rings. The maximum atomic E-state index is 12.0. The third-order valence-corrected chi connectivity index (χ3v) is 1.99. The largest absolute Gasteiger partial charge is 0.393 e. The van der Waals surface area contributed by atoms with Crippen LogP contribution >= 0.6 is 0 Å². The van der Waals surface area contributed by atoms with E-state index < -0.39 is 12.6 Å². The Labute approximate surface area is 87.1 Å². The van der Waals surface area contributed by atoms with E-state index >= 15 is 0 Å². The molecule has 0 aliphatic carbocycles. The molecule has 1 atom stereocenters. The summed E-state index contributed by atoms with van der Waals surface area (Å²) in [6.07, 6.45) is -4.32. The van der Waals surface area contributed by atoms with Gasteiger partial charge in [0.1, 0.15) is 0 Å². The number of hydrogen-bond acceptors (Lipinski definition) is 1. The second-order valence-electron chi connectivity index (χ2n) is 3.79. The average Bonchev–Trinajstić information content (AvgIpc) is 2.05. The van der Waals surface area contributed by atoms with Crippen LogP contribution in [0.1, 0.15) is 18.1 Å². The number of halogens is 3. The lowest BCUT2D eigenvalue weighted by atomic mass is 10.0. The molecule has 0 aromatic heterocycles. The van der Waals surface area contributed by atoms with E-state index in [1.165, 1.54) is 12.1 Å². The molecular weight excluding hydrogens is 203 g/mol. The van der Waals surface area contributed by atoms with Gasteiger partial charge in [0.15, 0.2) is 0 Å². The van der Waals surface area contributed by atoms with Gasteiger partial charge in [0.2, 0.25) is 0 Å². The summed E-state index contributed by atoms with van der Waals surface area (Å²) in [6.45, 7) is 1.86. The molecule has 0 amide bonds. The summed E-state index contributed by atoms with van der Waals surface area (Å²) in [7, 11) is 0. The fourth-order valence-electron chi connectivity index (χ4n) is 1.40. The second kappa shape index (κ2) is 4.66. The van der Waals surface area contributed by atoms with Crippen LogP contribution in [-0.2, 0) is 12.8 Å². The van der Waals surface area contributed by atoms with Crippen molar-refractivity contribution in [2.24, 2.45) is 5.73 Å². The first-order valence-electron chi connectivity index (χ1n) is 4.77. The Balaban J connectivity index is 2.64. The molecule has 15 heavy (non-hydrogen) atoms. The molecule has 4 heteroatoms. The van der Waals surface area contributed by atoms with E-state index in [0.29, 0.717) is 6.42 Å². The number of benzene rings is 1. The molecule has 1 aromatic rings. The van der Waals surface area contributed by atoms with Gasteiger partial charge in [0, 0.05) is 6.04 Å². The molecule has 1 rings (SSSR count). The van der Waals surface area contributed by atoms with E-state index in [0.717, 1.165) is 5.56 Å². The lowest BCUT2D eigenvalue weighted by molar-refractivity contribution is -0.127. The summed E-state index contributed by atoms with van der Waals surface area (Å²) in [4.78, 5) is 0. The van der Waals surface area contributed by atoms with Gasteiger partial charge in [-0.25, -0.2) is 0 Å². The van der Waals surface area contributed by atoms with Crippen LogP contribution in [0.3, 0.4) is 0 Å². The molecule has 2 N–H and O–H groups in total. The lowest BCUT2D eigenvalue weighted by Crippen LogP contribution is -2.17. The van der Waals surface area contributed by atoms with Gasteiger partial charge in [-0.3, -0.25) is 0 Å². The van der Waals surface area contributed by atoms with Gasteiger partial charge in [0.25, 0.3) is 0 Å². The van der Waals surface area contributed by atoms with Gasteiger partial charge >= 0.3 is 6.18 Å². The molecule has 0 bridgehead atoms. The van der Waals surface area contributed by atoms with E-state index in [1.54, 1.807) is 12.1 Å². The minimum absolute atomic E-state index is 0.0264. The summed E-state index contributed by atoms with van der Waals surface area (Å²) in [5.41, 5.74) is 6.84. The van der Waals surface area contributed by atoms with Crippen LogP contribution in [0.25, 0.3) is 0 Å². The smallest absolute Gasteiger partial charge is 0.328 e. The highest BCUT2D eigenvalue weighted by Gasteiger charge is 2.27. The zero-order valence-corrected chi connectivity index (χ0v) is 8.51. The van der Waals surface area contributed by atoms with Crippen molar-refractivity contribution in [3.05, 3.63) is 35.4 Å². The maximum absolute atomic E-state index is 12.0. The SMILES string of the molecule is CC(N)Cc1ccc(CC(F)(F)F)cc1. The fourth-order valence-corrected chi connectivity index (χ4v) is 1.40. The van der Waals surface area contributed by atoms with E-state index in [2.05, 4.69) is 0 Å². The van der Waals surface area contributed by atoms with Crippen molar-refractivity contribution in [1.29, 1.82) is 0 Å². The van der Waals surface area contributed by atoms with Crippen LogP contribution in [0.4, 0.5) is 13.2 Å². The van der Waals surface area contributed by atoms with Crippen LogP contribution in [0.15, 0.2) is 24.3 Å². The van der Waals surface area contributed by atoms with Gasteiger partial charge < -0.3 is 5.73 Å². The van der Waals surface area contributed by atoms with Crippen LogP contribution in [0.2, 0.25) is 0 Å². The molecular formula is C11H14F3N. The van der Waals surface area contributed by atoms with Crippen molar-refractivity contribution in [2.45, 2.75) is 32.0 Å². The van der Waals surface area contributed by atoms with Crippen LogP contribution < -0.4 is 5.73 Å². The van der Waals surface area contributed by atoms with Crippen LogP contribution in [0.5, 0.6) is 0 Å². The van der Waals surface area contributed by atoms with Crippen LogP contribution in [-0.4, -0.2) is 12.2 Å². The zero-order chi connectivity index (χ0) is 11.5. The normalized spacial score (nSPS) is 13.9. The number of nitrogens with two attached hydrogens (primary N) is 1. The summed E-state index contributed by atoms with van der Waals surface area (Å²) >= 11 is 0. The summed E-state index contributed by atoms with van der Waals surface area (Å²) in [5.74, 6) is 0. The molecule has 0 saturated carbocycles. The van der Waals surface area contributed by atoms with Crippen molar-refractivity contribution < 1.29 is 13.2 Å². The maximum Gasteiger partial charge on any atom is 0.393 e. The number of hydrogen-bond donors (Lipinski definition) is 1.